The third-order valence-electron chi connectivity index (χ3n) is 8.34. The van der Waals surface area contributed by atoms with Crippen molar-refractivity contribution in [2.24, 2.45) is 34.6 Å². The monoisotopic (exact) mass is 449 g/mol. The maximum Gasteiger partial charge on any atom is 0.222 e. The lowest BCUT2D eigenvalue weighted by atomic mass is 9.70. The van der Waals surface area contributed by atoms with Crippen molar-refractivity contribution in [1.82, 2.24) is 21.1 Å². The van der Waals surface area contributed by atoms with Gasteiger partial charge in [-0.15, -0.1) is 11.8 Å². The van der Waals surface area contributed by atoms with Gasteiger partial charge >= 0.3 is 0 Å². The van der Waals surface area contributed by atoms with E-state index in [4.69, 9.17) is 4.99 Å². The second-order valence-electron chi connectivity index (χ2n) is 10.6. The molecule has 6 nitrogen and oxygen atoms in total. The Morgan fingerprint density at radius 3 is 2.74 bits per heavy atom. The molecule has 3 N–H and O–H groups in total. The summed E-state index contributed by atoms with van der Waals surface area (Å²) < 4.78 is 0. The van der Waals surface area contributed by atoms with E-state index in [0.717, 1.165) is 11.8 Å². The van der Waals surface area contributed by atoms with Crippen LogP contribution in [-0.2, 0) is 4.79 Å². The number of aliphatic imine (C=N–C) groups is 1. The molecule has 9 atom stereocenters. The predicted molar refractivity (Wildman–Crippen MR) is 130 cm³/mol. The largest absolute Gasteiger partial charge is 0.356 e. The van der Waals surface area contributed by atoms with E-state index >= 15 is 0 Å². The number of carbonyl (C=O) groups is 1. The molecule has 4 rings (SSSR count). The minimum Gasteiger partial charge on any atom is -0.356 e. The highest BCUT2D eigenvalue weighted by molar-refractivity contribution is 8.00. The smallest absolute Gasteiger partial charge is 0.222 e. The minimum absolute atomic E-state index is 0.0490. The van der Waals surface area contributed by atoms with Gasteiger partial charge in [0.1, 0.15) is 0 Å². The molecular weight excluding hydrogens is 406 g/mol. The highest BCUT2D eigenvalue weighted by Gasteiger charge is 2.54. The molecule has 0 aromatic rings. The Kier molecular flexibility index (Phi) is 7.36. The van der Waals surface area contributed by atoms with Crippen LogP contribution in [0.25, 0.3) is 0 Å². The van der Waals surface area contributed by atoms with Gasteiger partial charge in [-0.05, 0) is 50.4 Å². The highest BCUT2D eigenvalue weighted by atomic mass is 32.2. The van der Waals surface area contributed by atoms with Crippen molar-refractivity contribution in [3.8, 4) is 0 Å². The molecule has 31 heavy (non-hydrogen) atoms. The number of nitrogens with zero attached hydrogens (tertiary/aromatic N) is 2. The van der Waals surface area contributed by atoms with Gasteiger partial charge in [0.05, 0.1) is 30.2 Å². The zero-order valence-corrected chi connectivity index (χ0v) is 21.0. The number of carbonyl (C=O) groups excluding carboxylic acids is 1. The summed E-state index contributed by atoms with van der Waals surface area (Å²) in [5, 5.41) is 4.05. The molecule has 4 aliphatic rings. The molecule has 1 amide bonds. The molecule has 7 heteroatoms. The number of nitrogens with one attached hydrogen (secondary N) is 3. The number of thioether (sulfide) groups is 1. The van der Waals surface area contributed by atoms with Gasteiger partial charge in [0.15, 0.2) is 0 Å². The highest BCUT2D eigenvalue weighted by Crippen LogP contribution is 2.51. The van der Waals surface area contributed by atoms with Gasteiger partial charge in [0.25, 0.3) is 0 Å². The second kappa shape index (κ2) is 9.70. The van der Waals surface area contributed by atoms with E-state index in [1.165, 1.54) is 31.4 Å². The van der Waals surface area contributed by atoms with E-state index in [1.54, 1.807) is 0 Å². The molecule has 3 aliphatic heterocycles. The third kappa shape index (κ3) is 4.57. The predicted octanol–water partition coefficient (Wildman–Crippen LogP) is 3.59. The van der Waals surface area contributed by atoms with Crippen molar-refractivity contribution < 1.29 is 4.79 Å². The lowest BCUT2D eigenvalue weighted by molar-refractivity contribution is -0.121. The van der Waals surface area contributed by atoms with Gasteiger partial charge in [-0.1, -0.05) is 40.5 Å². The average Bonchev–Trinajstić information content (AvgIpc) is 3.20. The number of hydrazine groups is 1. The maximum absolute atomic E-state index is 12.6. The number of hydrogen-bond acceptors (Lipinski definition) is 6. The van der Waals surface area contributed by atoms with Crippen LogP contribution in [0.4, 0.5) is 0 Å². The number of fused-ring (bicyclic) bond motifs is 3. The van der Waals surface area contributed by atoms with Gasteiger partial charge in [0, 0.05) is 23.4 Å². The molecule has 1 saturated carbocycles. The van der Waals surface area contributed by atoms with Crippen molar-refractivity contribution in [3.05, 3.63) is 0 Å². The summed E-state index contributed by atoms with van der Waals surface area (Å²) in [6, 6.07) is -0.0490. The molecule has 3 fully saturated rings. The van der Waals surface area contributed by atoms with Crippen LogP contribution >= 0.6 is 11.8 Å². The van der Waals surface area contributed by atoms with Crippen molar-refractivity contribution in [2.45, 2.75) is 103 Å². The van der Waals surface area contributed by atoms with Crippen LogP contribution in [0.2, 0.25) is 0 Å². The minimum atomic E-state index is -0.0490. The molecule has 0 aromatic heterocycles. The molecule has 2 saturated heterocycles. The molecule has 1 aliphatic carbocycles. The molecule has 0 aromatic carbocycles. The van der Waals surface area contributed by atoms with E-state index in [9.17, 15) is 4.79 Å². The molecule has 176 valence electrons. The molecular formula is C24H43N5OS. The Balaban J connectivity index is 1.72. The summed E-state index contributed by atoms with van der Waals surface area (Å²) in [4.78, 5) is 20.7. The Morgan fingerprint density at radius 2 is 2.03 bits per heavy atom. The van der Waals surface area contributed by atoms with Gasteiger partial charge in [-0.2, -0.15) is 0 Å². The SMILES string of the molecule is CCNC(=O)C[C@@H]1N=C(C2CCCC(C(C)C)C2)C2C(C)C(C)SC2N2C(C)NNC12. The third-order valence-corrected chi connectivity index (χ3v) is 10.0. The first-order valence-electron chi connectivity index (χ1n) is 12.6. The zero-order chi connectivity index (χ0) is 22.3. The van der Waals surface area contributed by atoms with Crippen LogP contribution in [0.15, 0.2) is 4.99 Å². The first-order chi connectivity index (χ1) is 14.8. The van der Waals surface area contributed by atoms with Crippen molar-refractivity contribution in [1.29, 1.82) is 0 Å². The lowest BCUT2D eigenvalue weighted by Gasteiger charge is -2.38. The van der Waals surface area contributed by atoms with Crippen molar-refractivity contribution >= 4 is 23.4 Å². The molecule has 0 spiro atoms. The fraction of sp³-hybridized carbons (Fsp3) is 0.917. The molecule has 8 unspecified atom stereocenters. The number of rotatable bonds is 5. The van der Waals surface area contributed by atoms with Crippen LogP contribution in [0.5, 0.6) is 0 Å². The number of amides is 1. The van der Waals surface area contributed by atoms with E-state index in [1.807, 2.05) is 6.92 Å². The summed E-state index contributed by atoms with van der Waals surface area (Å²) in [5.41, 5.74) is 8.40. The zero-order valence-electron chi connectivity index (χ0n) is 20.2. The van der Waals surface area contributed by atoms with E-state index in [0.29, 0.717) is 41.3 Å². The summed E-state index contributed by atoms with van der Waals surface area (Å²) in [6.07, 6.45) is 5.96. The molecule has 3 heterocycles. The quantitative estimate of drug-likeness (QED) is 0.598. The fourth-order valence-electron chi connectivity index (χ4n) is 6.36. The fourth-order valence-corrected chi connectivity index (χ4v) is 8.23. The summed E-state index contributed by atoms with van der Waals surface area (Å²) in [5.74, 6) is 3.29. The Morgan fingerprint density at radius 1 is 1.26 bits per heavy atom. The standard InChI is InChI=1S/C24H43N5OS/c1-7-25-20(30)12-19-23-28-27-16(6)29(23)24-21(14(4)15(5)31-24)22(26-19)18-10-8-9-17(11-18)13(2)3/h13-19,21,23-24,27-28H,7-12H2,1-6H3,(H,25,30)/t14?,15?,16?,17?,18?,19-,21?,23?,24?/m0/s1. The molecule has 0 bridgehead atoms. The van der Waals surface area contributed by atoms with Crippen LogP contribution in [0, 0.1) is 29.6 Å². The Hall–Kier alpha value is -0.630. The van der Waals surface area contributed by atoms with Crippen LogP contribution < -0.4 is 16.2 Å². The van der Waals surface area contributed by atoms with Crippen LogP contribution in [0.1, 0.15) is 73.6 Å². The first-order valence-corrected chi connectivity index (χ1v) is 13.5. The van der Waals surface area contributed by atoms with Crippen molar-refractivity contribution in [3.63, 3.8) is 0 Å². The summed E-state index contributed by atoms with van der Waals surface area (Å²) in [7, 11) is 0. The van der Waals surface area contributed by atoms with Gasteiger partial charge in [0.2, 0.25) is 5.91 Å². The number of hydrogen-bond donors (Lipinski definition) is 3. The van der Waals surface area contributed by atoms with Crippen molar-refractivity contribution in [2.75, 3.05) is 6.54 Å². The summed E-state index contributed by atoms with van der Waals surface area (Å²) in [6.45, 7) is 14.5. The van der Waals surface area contributed by atoms with Gasteiger partial charge < -0.3 is 5.32 Å². The topological polar surface area (TPSA) is 68.8 Å². The Bertz CT molecular complexity index is 685. The first kappa shape index (κ1) is 23.5. The van der Waals surface area contributed by atoms with E-state index in [2.05, 4.69) is 67.4 Å². The maximum atomic E-state index is 12.6. The van der Waals surface area contributed by atoms with Crippen LogP contribution in [0.3, 0.4) is 0 Å². The second-order valence-corrected chi connectivity index (χ2v) is 12.1. The van der Waals surface area contributed by atoms with E-state index in [-0.39, 0.29) is 24.3 Å². The Labute approximate surface area is 193 Å². The lowest BCUT2D eigenvalue weighted by Crippen LogP contribution is -2.51. The van der Waals surface area contributed by atoms with Gasteiger partial charge in [-0.25, -0.2) is 10.9 Å². The normalized spacial score (nSPS) is 43.3. The van der Waals surface area contributed by atoms with Gasteiger partial charge in [-0.3, -0.25) is 14.7 Å². The van der Waals surface area contributed by atoms with Crippen LogP contribution in [-0.4, -0.2) is 52.1 Å². The summed E-state index contributed by atoms with van der Waals surface area (Å²) >= 11 is 2.12. The molecule has 0 radical (unpaired) electrons. The van der Waals surface area contributed by atoms with E-state index < -0.39 is 0 Å². The average molecular weight is 450 g/mol.